The fourth-order valence-electron chi connectivity index (χ4n) is 3.89. The van der Waals surface area contributed by atoms with E-state index in [1.54, 1.807) is 6.07 Å². The maximum atomic E-state index is 13.6. The molecule has 2 atom stereocenters. The zero-order chi connectivity index (χ0) is 25.8. The fraction of sp³-hybridized carbons (Fsp3) is 0.458. The molecular weight excluding hydrogens is 493 g/mol. The lowest BCUT2D eigenvalue weighted by Crippen LogP contribution is -2.52. The summed E-state index contributed by atoms with van der Waals surface area (Å²) in [5.74, 6) is -1.89. The van der Waals surface area contributed by atoms with Gasteiger partial charge in [-0.25, -0.2) is 12.8 Å². The van der Waals surface area contributed by atoms with E-state index in [0.29, 0.717) is 17.7 Å². The Bertz CT molecular complexity index is 1200. The molecule has 1 aliphatic rings. The Morgan fingerprint density at radius 2 is 1.97 bits per heavy atom. The number of carbonyl (C=O) groups excluding carboxylic acids is 3. The van der Waals surface area contributed by atoms with Crippen LogP contribution in [-0.2, 0) is 19.6 Å². The Kier molecular flexibility index (Phi) is 8.79. The third-order valence-electron chi connectivity index (χ3n) is 5.66. The summed E-state index contributed by atoms with van der Waals surface area (Å²) in [5.41, 5.74) is 0. The molecule has 0 saturated carbocycles. The van der Waals surface area contributed by atoms with Crippen molar-refractivity contribution in [2.45, 2.75) is 57.0 Å². The lowest BCUT2D eigenvalue weighted by Gasteiger charge is -2.23. The Morgan fingerprint density at radius 1 is 1.23 bits per heavy atom. The molecule has 11 heteroatoms. The van der Waals surface area contributed by atoms with Crippen molar-refractivity contribution in [3.63, 3.8) is 0 Å². The van der Waals surface area contributed by atoms with Crippen LogP contribution < -0.4 is 10.6 Å². The van der Waals surface area contributed by atoms with Gasteiger partial charge in [-0.1, -0.05) is 19.9 Å². The third kappa shape index (κ3) is 6.96. The minimum atomic E-state index is -4.07. The predicted octanol–water partition coefficient (Wildman–Crippen LogP) is 2.88. The largest absolute Gasteiger partial charge is 0.344 e. The van der Waals surface area contributed by atoms with Gasteiger partial charge in [0.15, 0.2) is 5.78 Å². The lowest BCUT2D eigenvalue weighted by molar-refractivity contribution is -0.129. The summed E-state index contributed by atoms with van der Waals surface area (Å²) in [6.07, 6.45) is 0.968. The second kappa shape index (κ2) is 11.4. The van der Waals surface area contributed by atoms with Gasteiger partial charge in [0.25, 0.3) is 5.91 Å². The number of ketones is 1. The highest BCUT2D eigenvalue weighted by Gasteiger charge is 2.34. The van der Waals surface area contributed by atoms with Crippen LogP contribution in [0.25, 0.3) is 0 Å². The number of rotatable bonds is 8. The van der Waals surface area contributed by atoms with Gasteiger partial charge in [0, 0.05) is 11.4 Å². The van der Waals surface area contributed by atoms with Crippen molar-refractivity contribution in [2.24, 2.45) is 5.92 Å². The monoisotopic (exact) mass is 523 g/mol. The molecule has 0 radical (unpaired) electrons. The van der Waals surface area contributed by atoms with Crippen LogP contribution in [0.4, 0.5) is 4.39 Å². The molecule has 1 fully saturated rings. The van der Waals surface area contributed by atoms with Crippen molar-refractivity contribution < 1.29 is 27.2 Å². The number of sulfonamides is 1. The molecule has 2 N–H and O–H groups in total. The summed E-state index contributed by atoms with van der Waals surface area (Å²) in [7, 11) is -4.07. The van der Waals surface area contributed by atoms with E-state index in [0.717, 1.165) is 21.3 Å². The Hall–Kier alpha value is -2.63. The molecule has 35 heavy (non-hydrogen) atoms. The van der Waals surface area contributed by atoms with E-state index in [9.17, 15) is 27.2 Å². The molecular formula is C24H30FN3O5S2. The van der Waals surface area contributed by atoms with Crippen molar-refractivity contribution in [3.8, 4) is 0 Å². The molecule has 0 spiro atoms. The Labute approximate surface area is 209 Å². The number of carbonyl (C=O) groups is 3. The third-order valence-corrected chi connectivity index (χ3v) is 8.51. The van der Waals surface area contributed by atoms with Crippen molar-refractivity contribution in [3.05, 3.63) is 52.0 Å². The predicted molar refractivity (Wildman–Crippen MR) is 131 cm³/mol. The molecule has 1 saturated heterocycles. The normalized spacial score (nSPS) is 18.2. The summed E-state index contributed by atoms with van der Waals surface area (Å²) >= 11 is 1.33. The van der Waals surface area contributed by atoms with Crippen molar-refractivity contribution in [2.75, 3.05) is 13.1 Å². The highest BCUT2D eigenvalue weighted by molar-refractivity contribution is 7.89. The molecule has 2 amide bonds. The molecule has 8 nitrogen and oxygen atoms in total. The van der Waals surface area contributed by atoms with Crippen molar-refractivity contribution in [1.29, 1.82) is 0 Å². The molecule has 190 valence electrons. The number of nitrogens with one attached hydrogen (secondary N) is 2. The fourth-order valence-corrected chi connectivity index (χ4v) is 6.14. The van der Waals surface area contributed by atoms with E-state index in [2.05, 4.69) is 10.6 Å². The van der Waals surface area contributed by atoms with E-state index in [1.165, 1.54) is 23.5 Å². The topological polar surface area (TPSA) is 113 Å². The maximum Gasteiger partial charge on any atom is 0.262 e. The van der Waals surface area contributed by atoms with Crippen molar-refractivity contribution >= 4 is 39.0 Å². The first-order valence-corrected chi connectivity index (χ1v) is 13.7. The number of amides is 2. The van der Waals surface area contributed by atoms with Gasteiger partial charge in [-0.3, -0.25) is 14.4 Å². The van der Waals surface area contributed by atoms with Gasteiger partial charge in [-0.15, -0.1) is 11.3 Å². The van der Waals surface area contributed by atoms with E-state index < -0.39 is 46.2 Å². The minimum absolute atomic E-state index is 0.0703. The summed E-state index contributed by atoms with van der Waals surface area (Å²) in [6.45, 7) is 5.37. The summed E-state index contributed by atoms with van der Waals surface area (Å²) in [6, 6.07) is 6.43. The molecule has 3 rings (SSSR count). The van der Waals surface area contributed by atoms with Gasteiger partial charge in [-0.05, 0) is 62.4 Å². The molecule has 0 aliphatic carbocycles. The van der Waals surface area contributed by atoms with Crippen LogP contribution in [-0.4, -0.2) is 55.5 Å². The first kappa shape index (κ1) is 27.0. The lowest BCUT2D eigenvalue weighted by atomic mass is 10.0. The van der Waals surface area contributed by atoms with Crippen LogP contribution in [0.1, 0.15) is 47.7 Å². The first-order chi connectivity index (χ1) is 16.5. The van der Waals surface area contributed by atoms with Gasteiger partial charge >= 0.3 is 0 Å². The van der Waals surface area contributed by atoms with Crippen LogP contribution in [0.3, 0.4) is 0 Å². The number of hydrogen-bond donors (Lipinski definition) is 2. The van der Waals surface area contributed by atoms with Crippen LogP contribution in [0.15, 0.2) is 41.3 Å². The standard InChI is InChI=1S/C24H30FN3O5S2/c1-15(2)12-20(27-24(31)22-10-9-16(3)34-22)23(30)26-19-8-5-11-28(14-21(19)29)35(32,33)18-7-4-6-17(25)13-18/h4,6-7,9-10,13,15,19-20H,5,8,11-12,14H2,1-3H3,(H,26,30)(H,27,31)/t19?,20-/m0/s1. The second-order valence-corrected chi connectivity index (χ2v) is 12.3. The van der Waals surface area contributed by atoms with E-state index in [1.807, 2.05) is 26.8 Å². The second-order valence-electron chi connectivity index (χ2n) is 9.03. The number of thiophene rings is 1. The van der Waals surface area contributed by atoms with Crippen LogP contribution >= 0.6 is 11.3 Å². The molecule has 0 bridgehead atoms. The van der Waals surface area contributed by atoms with Gasteiger partial charge in [0.1, 0.15) is 11.9 Å². The minimum Gasteiger partial charge on any atom is -0.344 e. The number of hydrogen-bond acceptors (Lipinski definition) is 6. The molecule has 1 aromatic carbocycles. The molecule has 2 aromatic rings. The zero-order valence-electron chi connectivity index (χ0n) is 19.9. The number of Topliss-reactive ketones (excluding diaryl/α,β-unsaturated/α-hetero) is 1. The van der Waals surface area contributed by atoms with Gasteiger partial charge in [0.05, 0.1) is 22.4 Å². The van der Waals surface area contributed by atoms with Crippen molar-refractivity contribution in [1.82, 2.24) is 14.9 Å². The SMILES string of the molecule is Cc1ccc(C(=O)N[C@@H](CC(C)C)C(=O)NC2CCCN(S(=O)(=O)c3cccc(F)c3)CC2=O)s1. The number of nitrogens with zero attached hydrogens (tertiary/aromatic N) is 1. The van der Waals surface area contributed by atoms with E-state index >= 15 is 0 Å². The van der Waals surface area contributed by atoms with E-state index in [4.69, 9.17) is 0 Å². The Balaban J connectivity index is 1.69. The average molecular weight is 524 g/mol. The van der Waals surface area contributed by atoms with Crippen LogP contribution in [0, 0.1) is 18.7 Å². The molecule has 1 unspecified atom stereocenters. The molecule has 1 aromatic heterocycles. The maximum absolute atomic E-state index is 13.6. The molecule has 1 aliphatic heterocycles. The molecule has 2 heterocycles. The highest BCUT2D eigenvalue weighted by atomic mass is 32.2. The Morgan fingerprint density at radius 3 is 2.60 bits per heavy atom. The number of aryl methyl sites for hydroxylation is 1. The highest BCUT2D eigenvalue weighted by Crippen LogP contribution is 2.21. The van der Waals surface area contributed by atoms with Gasteiger partial charge in [-0.2, -0.15) is 4.31 Å². The first-order valence-electron chi connectivity index (χ1n) is 11.4. The van der Waals surface area contributed by atoms with Gasteiger partial charge in [0.2, 0.25) is 15.9 Å². The summed E-state index contributed by atoms with van der Waals surface area (Å²) in [5, 5.41) is 5.48. The van der Waals surface area contributed by atoms with Gasteiger partial charge < -0.3 is 10.6 Å². The quantitative estimate of drug-likeness (QED) is 0.553. The average Bonchev–Trinajstić information content (AvgIpc) is 3.14. The van der Waals surface area contributed by atoms with Crippen LogP contribution in [0.2, 0.25) is 0 Å². The summed E-state index contributed by atoms with van der Waals surface area (Å²) in [4.78, 5) is 39.9. The smallest absolute Gasteiger partial charge is 0.262 e. The van der Waals surface area contributed by atoms with E-state index in [-0.39, 0.29) is 29.7 Å². The van der Waals surface area contributed by atoms with Crippen LogP contribution in [0.5, 0.6) is 0 Å². The zero-order valence-corrected chi connectivity index (χ0v) is 21.5. The number of halogens is 1. The number of benzene rings is 1. The summed E-state index contributed by atoms with van der Waals surface area (Å²) < 4.78 is 40.4.